The molecule has 0 spiro atoms. The van der Waals surface area contributed by atoms with Gasteiger partial charge in [-0.15, -0.1) is 0 Å². The van der Waals surface area contributed by atoms with Gasteiger partial charge in [0, 0.05) is 45.0 Å². The van der Waals surface area contributed by atoms with Crippen molar-refractivity contribution in [1.82, 2.24) is 15.2 Å². The highest BCUT2D eigenvalue weighted by Gasteiger charge is 2.30. The van der Waals surface area contributed by atoms with Crippen LogP contribution in [0.1, 0.15) is 5.56 Å². The lowest BCUT2D eigenvalue weighted by atomic mass is 10.3. The van der Waals surface area contributed by atoms with Gasteiger partial charge in [-0.25, -0.2) is 4.98 Å². The molecule has 0 unspecified atom stereocenters. The van der Waals surface area contributed by atoms with Crippen molar-refractivity contribution in [3.8, 4) is 5.88 Å². The molecule has 4 nitrogen and oxygen atoms in total. The maximum Gasteiger partial charge on any atom is 0.417 e. The van der Waals surface area contributed by atoms with E-state index in [4.69, 9.17) is 4.74 Å². The predicted molar refractivity (Wildman–Crippen MR) is 64.0 cm³/mol. The summed E-state index contributed by atoms with van der Waals surface area (Å²) < 4.78 is 42.3. The second kappa shape index (κ2) is 6.21. The smallest absolute Gasteiger partial charge is 0.417 e. The Bertz CT molecular complexity index is 388. The van der Waals surface area contributed by atoms with Crippen molar-refractivity contribution in [2.75, 3.05) is 39.3 Å². The zero-order chi connectivity index (χ0) is 13.7. The van der Waals surface area contributed by atoms with Crippen molar-refractivity contribution < 1.29 is 17.9 Å². The molecule has 1 fully saturated rings. The van der Waals surface area contributed by atoms with E-state index in [0.717, 1.165) is 45.0 Å². The summed E-state index contributed by atoms with van der Waals surface area (Å²) in [5, 5.41) is 3.24. The van der Waals surface area contributed by atoms with Gasteiger partial charge >= 0.3 is 6.18 Å². The lowest BCUT2D eigenvalue weighted by Gasteiger charge is -2.26. The van der Waals surface area contributed by atoms with E-state index in [0.29, 0.717) is 6.61 Å². The van der Waals surface area contributed by atoms with Crippen molar-refractivity contribution in [1.29, 1.82) is 0 Å². The van der Waals surface area contributed by atoms with Gasteiger partial charge in [-0.2, -0.15) is 13.2 Å². The Hall–Kier alpha value is -1.34. The molecular formula is C12H16F3N3O. The zero-order valence-electron chi connectivity index (χ0n) is 10.4. The third kappa shape index (κ3) is 4.36. The van der Waals surface area contributed by atoms with E-state index in [-0.39, 0.29) is 5.88 Å². The summed E-state index contributed by atoms with van der Waals surface area (Å²) >= 11 is 0. The predicted octanol–water partition coefficient (Wildman–Crippen LogP) is 1.38. The molecule has 0 amide bonds. The van der Waals surface area contributed by atoms with Gasteiger partial charge in [0.25, 0.3) is 0 Å². The number of alkyl halides is 3. The van der Waals surface area contributed by atoms with Crippen LogP contribution in [0, 0.1) is 0 Å². The number of hydrogen-bond acceptors (Lipinski definition) is 4. The number of rotatable bonds is 4. The van der Waals surface area contributed by atoms with E-state index in [1.807, 2.05) is 0 Å². The average Bonchev–Trinajstić information content (AvgIpc) is 2.39. The first-order chi connectivity index (χ1) is 9.05. The van der Waals surface area contributed by atoms with Gasteiger partial charge < -0.3 is 10.1 Å². The molecule has 1 aromatic rings. The normalized spacial score (nSPS) is 17.4. The Morgan fingerprint density at radius 1 is 1.26 bits per heavy atom. The van der Waals surface area contributed by atoms with Crippen LogP contribution in [0.25, 0.3) is 0 Å². The van der Waals surface area contributed by atoms with Crippen LogP contribution >= 0.6 is 0 Å². The topological polar surface area (TPSA) is 37.4 Å². The van der Waals surface area contributed by atoms with Crippen LogP contribution < -0.4 is 10.1 Å². The minimum absolute atomic E-state index is 0.225. The fourth-order valence-corrected chi connectivity index (χ4v) is 1.85. The fraction of sp³-hybridized carbons (Fsp3) is 0.583. The average molecular weight is 275 g/mol. The number of pyridine rings is 1. The molecule has 1 N–H and O–H groups in total. The maximum absolute atomic E-state index is 12.3. The van der Waals surface area contributed by atoms with Crippen molar-refractivity contribution in [3.63, 3.8) is 0 Å². The number of nitrogens with zero attached hydrogens (tertiary/aromatic N) is 2. The summed E-state index contributed by atoms with van der Waals surface area (Å²) in [4.78, 5) is 5.89. The summed E-state index contributed by atoms with van der Waals surface area (Å²) in [6.07, 6.45) is -3.56. The van der Waals surface area contributed by atoms with Gasteiger partial charge in [0.1, 0.15) is 6.61 Å². The van der Waals surface area contributed by atoms with E-state index in [9.17, 15) is 13.2 Å². The lowest BCUT2D eigenvalue weighted by molar-refractivity contribution is -0.137. The molecule has 7 heteroatoms. The summed E-state index contributed by atoms with van der Waals surface area (Å²) in [7, 11) is 0. The van der Waals surface area contributed by atoms with Gasteiger partial charge in [0.05, 0.1) is 5.56 Å². The first-order valence-electron chi connectivity index (χ1n) is 6.15. The summed E-state index contributed by atoms with van der Waals surface area (Å²) in [6, 6.07) is 2.23. The molecule has 0 atom stereocenters. The molecule has 0 radical (unpaired) electrons. The Morgan fingerprint density at radius 2 is 2.00 bits per heavy atom. The monoisotopic (exact) mass is 275 g/mol. The van der Waals surface area contributed by atoms with E-state index in [2.05, 4.69) is 15.2 Å². The van der Waals surface area contributed by atoms with Crippen molar-refractivity contribution >= 4 is 0 Å². The molecule has 0 bridgehead atoms. The Labute approximate surface area is 109 Å². The van der Waals surface area contributed by atoms with Crippen molar-refractivity contribution in [3.05, 3.63) is 23.9 Å². The highest BCUT2D eigenvalue weighted by molar-refractivity contribution is 5.20. The zero-order valence-corrected chi connectivity index (χ0v) is 10.4. The third-order valence-corrected chi connectivity index (χ3v) is 2.93. The minimum atomic E-state index is -4.35. The largest absolute Gasteiger partial charge is 0.476 e. The van der Waals surface area contributed by atoms with Crippen molar-refractivity contribution in [2.45, 2.75) is 6.18 Å². The maximum atomic E-state index is 12.3. The SMILES string of the molecule is FC(F)(F)c1ccc(OCCN2CCNCC2)nc1. The fourth-order valence-electron chi connectivity index (χ4n) is 1.85. The Balaban J connectivity index is 1.76. The molecule has 1 saturated heterocycles. The van der Waals surface area contributed by atoms with Crippen LogP contribution in [0.15, 0.2) is 18.3 Å². The van der Waals surface area contributed by atoms with E-state index in [1.165, 1.54) is 6.07 Å². The molecule has 0 saturated carbocycles. The number of ether oxygens (including phenoxy) is 1. The molecule has 0 aromatic carbocycles. The molecule has 1 aliphatic rings. The second-order valence-corrected chi connectivity index (χ2v) is 4.32. The van der Waals surface area contributed by atoms with Gasteiger partial charge in [0.15, 0.2) is 0 Å². The molecule has 2 rings (SSSR count). The number of piperazine rings is 1. The van der Waals surface area contributed by atoms with Crippen molar-refractivity contribution in [2.24, 2.45) is 0 Å². The standard InChI is InChI=1S/C12H16F3N3O/c13-12(14,15)10-1-2-11(17-9-10)19-8-7-18-5-3-16-4-6-18/h1-2,9,16H,3-8H2. The Morgan fingerprint density at radius 3 is 2.58 bits per heavy atom. The van der Waals surface area contributed by atoms with E-state index in [1.54, 1.807) is 0 Å². The highest BCUT2D eigenvalue weighted by Crippen LogP contribution is 2.29. The number of nitrogens with one attached hydrogen (secondary N) is 1. The molecule has 1 aromatic heterocycles. The van der Waals surface area contributed by atoms with Gasteiger partial charge in [-0.1, -0.05) is 0 Å². The van der Waals surface area contributed by atoms with E-state index < -0.39 is 11.7 Å². The van der Waals surface area contributed by atoms with Crippen LogP contribution in [0.3, 0.4) is 0 Å². The lowest BCUT2D eigenvalue weighted by Crippen LogP contribution is -2.44. The van der Waals surface area contributed by atoms with Crippen LogP contribution in [0.4, 0.5) is 13.2 Å². The minimum Gasteiger partial charge on any atom is -0.476 e. The number of hydrogen-bond donors (Lipinski definition) is 1. The molecule has 0 aliphatic carbocycles. The van der Waals surface area contributed by atoms with Crippen LogP contribution in [-0.2, 0) is 6.18 Å². The number of aromatic nitrogens is 1. The summed E-state index contributed by atoms with van der Waals surface area (Å²) in [5.74, 6) is 0.225. The van der Waals surface area contributed by atoms with Gasteiger partial charge in [0.2, 0.25) is 5.88 Å². The molecule has 19 heavy (non-hydrogen) atoms. The first-order valence-corrected chi connectivity index (χ1v) is 6.15. The van der Waals surface area contributed by atoms with Crippen LogP contribution in [0.5, 0.6) is 5.88 Å². The summed E-state index contributed by atoms with van der Waals surface area (Å²) in [6.45, 7) is 5.02. The van der Waals surface area contributed by atoms with Gasteiger partial charge in [-0.3, -0.25) is 4.90 Å². The molecule has 106 valence electrons. The Kier molecular flexibility index (Phi) is 4.60. The molecule has 2 heterocycles. The third-order valence-electron chi connectivity index (χ3n) is 2.93. The van der Waals surface area contributed by atoms with E-state index >= 15 is 0 Å². The van der Waals surface area contributed by atoms with Crippen LogP contribution in [-0.4, -0.2) is 49.2 Å². The molecule has 1 aliphatic heterocycles. The quantitative estimate of drug-likeness (QED) is 0.901. The van der Waals surface area contributed by atoms with Gasteiger partial charge in [-0.05, 0) is 6.07 Å². The highest BCUT2D eigenvalue weighted by atomic mass is 19.4. The summed E-state index contributed by atoms with van der Waals surface area (Å²) in [5.41, 5.74) is -0.762. The second-order valence-electron chi connectivity index (χ2n) is 4.32. The number of halogens is 3. The molecular weight excluding hydrogens is 259 g/mol. The first kappa shape index (κ1) is 14.1. The van der Waals surface area contributed by atoms with Crippen LogP contribution in [0.2, 0.25) is 0 Å².